The van der Waals surface area contributed by atoms with Gasteiger partial charge in [0, 0.05) is 11.8 Å². The van der Waals surface area contributed by atoms with Crippen LogP contribution in [0.15, 0.2) is 18.2 Å². The monoisotopic (exact) mass is 266 g/mol. The zero-order valence-corrected chi connectivity index (χ0v) is 11.0. The fourth-order valence-electron chi connectivity index (χ4n) is 2.03. The number of hydrogen-bond donors (Lipinski definition) is 1. The van der Waals surface area contributed by atoms with E-state index in [0.29, 0.717) is 5.69 Å². The highest BCUT2D eigenvalue weighted by Crippen LogP contribution is 2.26. The number of carbonyl (C=O) groups is 2. The predicted octanol–water partition coefficient (Wildman–Crippen LogP) is 1.08. The minimum absolute atomic E-state index is 0.0944. The van der Waals surface area contributed by atoms with Gasteiger partial charge in [-0.05, 0) is 26.0 Å². The Hall–Kier alpha value is -2.11. The Morgan fingerprint density at radius 2 is 2.05 bits per heavy atom. The molecule has 1 saturated heterocycles. The van der Waals surface area contributed by atoms with E-state index in [1.54, 1.807) is 19.9 Å². The number of nitrogens with one attached hydrogen (secondary N) is 1. The molecule has 1 aliphatic rings. The zero-order chi connectivity index (χ0) is 14.2. The number of amides is 2. The minimum atomic E-state index is -0.994. The van der Waals surface area contributed by atoms with Crippen molar-refractivity contribution in [3.8, 4) is 5.75 Å². The Labute approximate surface area is 110 Å². The average molecular weight is 266 g/mol. The Kier molecular flexibility index (Phi) is 3.18. The third-order valence-electron chi connectivity index (χ3n) is 2.98. The Bertz CT molecular complexity index is 543. The standard InChI is InChI=1S/C13H15FN2O3/c1-13(2)12(18)16(7-11(17)15-13)8-4-5-10(19-3)9(14)6-8/h4-6H,7H2,1-3H3,(H,15,17). The van der Waals surface area contributed by atoms with Gasteiger partial charge in [0.25, 0.3) is 5.91 Å². The van der Waals surface area contributed by atoms with E-state index in [-0.39, 0.29) is 24.1 Å². The van der Waals surface area contributed by atoms with Gasteiger partial charge in [-0.25, -0.2) is 4.39 Å². The molecule has 0 atom stereocenters. The molecule has 5 nitrogen and oxygen atoms in total. The van der Waals surface area contributed by atoms with Crippen LogP contribution in [0.5, 0.6) is 5.75 Å². The van der Waals surface area contributed by atoms with E-state index >= 15 is 0 Å². The van der Waals surface area contributed by atoms with Gasteiger partial charge in [0.2, 0.25) is 5.91 Å². The summed E-state index contributed by atoms with van der Waals surface area (Å²) in [5.74, 6) is -1.04. The van der Waals surface area contributed by atoms with E-state index in [9.17, 15) is 14.0 Å². The first-order valence-corrected chi connectivity index (χ1v) is 5.81. The van der Waals surface area contributed by atoms with Crippen molar-refractivity contribution in [1.29, 1.82) is 0 Å². The molecule has 0 unspecified atom stereocenters. The summed E-state index contributed by atoms with van der Waals surface area (Å²) in [7, 11) is 1.36. The first kappa shape index (κ1) is 13.3. The lowest BCUT2D eigenvalue weighted by Gasteiger charge is -2.37. The van der Waals surface area contributed by atoms with Crippen molar-refractivity contribution in [2.45, 2.75) is 19.4 Å². The quantitative estimate of drug-likeness (QED) is 0.871. The number of ether oxygens (including phenoxy) is 1. The van der Waals surface area contributed by atoms with Crippen LogP contribution in [0.2, 0.25) is 0 Å². The van der Waals surface area contributed by atoms with Gasteiger partial charge < -0.3 is 15.0 Å². The summed E-state index contributed by atoms with van der Waals surface area (Å²) in [5.41, 5.74) is -0.655. The van der Waals surface area contributed by atoms with Gasteiger partial charge in [-0.15, -0.1) is 0 Å². The lowest BCUT2D eigenvalue weighted by molar-refractivity contribution is -0.134. The molecule has 1 fully saturated rings. The smallest absolute Gasteiger partial charge is 0.252 e. The third kappa shape index (κ3) is 2.38. The molecule has 1 heterocycles. The molecule has 102 valence electrons. The van der Waals surface area contributed by atoms with Crippen LogP contribution in [0.1, 0.15) is 13.8 Å². The number of piperazine rings is 1. The first-order chi connectivity index (χ1) is 8.85. The molecule has 0 saturated carbocycles. The Balaban J connectivity index is 2.37. The number of benzene rings is 1. The summed E-state index contributed by atoms with van der Waals surface area (Å²) in [6, 6.07) is 4.16. The zero-order valence-electron chi connectivity index (χ0n) is 11.0. The van der Waals surface area contributed by atoms with Crippen LogP contribution in [0.4, 0.5) is 10.1 Å². The molecule has 6 heteroatoms. The van der Waals surface area contributed by atoms with E-state index in [0.717, 1.165) is 0 Å². The van der Waals surface area contributed by atoms with Crippen molar-refractivity contribution in [3.63, 3.8) is 0 Å². The largest absolute Gasteiger partial charge is 0.494 e. The summed E-state index contributed by atoms with van der Waals surface area (Å²) in [4.78, 5) is 25.1. The highest BCUT2D eigenvalue weighted by molar-refractivity contribution is 6.08. The van der Waals surface area contributed by atoms with E-state index < -0.39 is 11.4 Å². The normalized spacial score (nSPS) is 18.2. The maximum Gasteiger partial charge on any atom is 0.252 e. The molecule has 0 aliphatic carbocycles. The minimum Gasteiger partial charge on any atom is -0.494 e. The molecule has 0 spiro atoms. The van der Waals surface area contributed by atoms with Gasteiger partial charge in [-0.1, -0.05) is 0 Å². The number of hydrogen-bond acceptors (Lipinski definition) is 3. The van der Waals surface area contributed by atoms with E-state index in [4.69, 9.17) is 4.74 Å². The van der Waals surface area contributed by atoms with Crippen molar-refractivity contribution < 1.29 is 18.7 Å². The molecule has 19 heavy (non-hydrogen) atoms. The maximum absolute atomic E-state index is 13.7. The number of rotatable bonds is 2. The number of carbonyl (C=O) groups excluding carboxylic acids is 2. The third-order valence-corrected chi connectivity index (χ3v) is 2.98. The molecule has 1 aliphatic heterocycles. The lowest BCUT2D eigenvalue weighted by Crippen LogP contribution is -2.64. The van der Waals surface area contributed by atoms with Gasteiger partial charge in [-0.3, -0.25) is 9.59 Å². The van der Waals surface area contributed by atoms with Crippen LogP contribution in [0.3, 0.4) is 0 Å². The van der Waals surface area contributed by atoms with Crippen LogP contribution in [-0.4, -0.2) is 31.0 Å². The molecular formula is C13H15FN2O3. The van der Waals surface area contributed by atoms with Gasteiger partial charge in [0.05, 0.1) is 7.11 Å². The highest BCUT2D eigenvalue weighted by atomic mass is 19.1. The molecule has 0 bridgehead atoms. The van der Waals surface area contributed by atoms with Crippen molar-refractivity contribution in [3.05, 3.63) is 24.0 Å². The van der Waals surface area contributed by atoms with Gasteiger partial charge in [0.15, 0.2) is 11.6 Å². The predicted molar refractivity (Wildman–Crippen MR) is 67.5 cm³/mol. The second-order valence-corrected chi connectivity index (χ2v) is 4.88. The molecule has 1 aromatic rings. The molecule has 1 N–H and O–H groups in total. The number of anilines is 1. The lowest BCUT2D eigenvalue weighted by atomic mass is 10.00. The molecular weight excluding hydrogens is 251 g/mol. The van der Waals surface area contributed by atoms with Gasteiger partial charge >= 0.3 is 0 Å². The number of methoxy groups -OCH3 is 1. The van der Waals surface area contributed by atoms with E-state index in [1.165, 1.54) is 24.1 Å². The molecule has 1 aromatic carbocycles. The second kappa shape index (κ2) is 4.53. The SMILES string of the molecule is COc1ccc(N2CC(=O)NC(C)(C)C2=O)cc1F. The van der Waals surface area contributed by atoms with Gasteiger partial charge in [0.1, 0.15) is 12.1 Å². The van der Waals surface area contributed by atoms with Crippen LogP contribution in [-0.2, 0) is 9.59 Å². The fraction of sp³-hybridized carbons (Fsp3) is 0.385. The summed E-state index contributed by atoms with van der Waals surface area (Å²) >= 11 is 0. The summed E-state index contributed by atoms with van der Waals surface area (Å²) in [5, 5.41) is 2.59. The summed E-state index contributed by atoms with van der Waals surface area (Å²) < 4.78 is 18.5. The van der Waals surface area contributed by atoms with Crippen LogP contribution >= 0.6 is 0 Å². The molecule has 2 amide bonds. The van der Waals surface area contributed by atoms with Crippen LogP contribution in [0, 0.1) is 5.82 Å². The molecule has 0 radical (unpaired) electrons. The average Bonchev–Trinajstić information content (AvgIpc) is 2.33. The van der Waals surface area contributed by atoms with Crippen molar-refractivity contribution >= 4 is 17.5 Å². The highest BCUT2D eigenvalue weighted by Gasteiger charge is 2.39. The topological polar surface area (TPSA) is 58.6 Å². The number of halogens is 1. The van der Waals surface area contributed by atoms with E-state index in [2.05, 4.69) is 5.32 Å². The van der Waals surface area contributed by atoms with E-state index in [1.807, 2.05) is 0 Å². The molecule has 2 rings (SSSR count). The molecule has 0 aromatic heterocycles. The Morgan fingerprint density at radius 1 is 1.37 bits per heavy atom. The second-order valence-electron chi connectivity index (χ2n) is 4.88. The fourth-order valence-corrected chi connectivity index (χ4v) is 2.03. The van der Waals surface area contributed by atoms with Gasteiger partial charge in [-0.2, -0.15) is 0 Å². The maximum atomic E-state index is 13.7. The summed E-state index contributed by atoms with van der Waals surface area (Å²) in [6.45, 7) is 3.10. The van der Waals surface area contributed by atoms with Crippen molar-refractivity contribution in [2.75, 3.05) is 18.6 Å². The summed E-state index contributed by atoms with van der Waals surface area (Å²) in [6.07, 6.45) is 0. The van der Waals surface area contributed by atoms with Crippen molar-refractivity contribution in [2.24, 2.45) is 0 Å². The van der Waals surface area contributed by atoms with Crippen LogP contribution < -0.4 is 15.0 Å². The first-order valence-electron chi connectivity index (χ1n) is 5.81. The number of nitrogens with zero attached hydrogens (tertiary/aromatic N) is 1. The Morgan fingerprint density at radius 3 is 2.63 bits per heavy atom. The van der Waals surface area contributed by atoms with Crippen LogP contribution in [0.25, 0.3) is 0 Å². The van der Waals surface area contributed by atoms with Crippen molar-refractivity contribution in [1.82, 2.24) is 5.32 Å².